The average molecular weight is 359 g/mol. The SMILES string of the molecule is Cc1ccc(F)c(-n2nc(C(=O)NC(C(=O)O)C(C)C)c3c2CCC3)c1. The maximum absolute atomic E-state index is 14.3. The summed E-state index contributed by atoms with van der Waals surface area (Å²) in [5, 5.41) is 16.2. The van der Waals surface area contributed by atoms with E-state index in [4.69, 9.17) is 0 Å². The molecule has 1 aromatic carbocycles. The van der Waals surface area contributed by atoms with Crippen molar-refractivity contribution in [2.75, 3.05) is 0 Å². The summed E-state index contributed by atoms with van der Waals surface area (Å²) in [6.45, 7) is 5.31. The number of carbonyl (C=O) groups excluding carboxylic acids is 1. The van der Waals surface area contributed by atoms with Gasteiger partial charge in [0.05, 0.1) is 0 Å². The molecule has 138 valence electrons. The van der Waals surface area contributed by atoms with E-state index in [-0.39, 0.29) is 11.6 Å². The first-order chi connectivity index (χ1) is 12.3. The predicted octanol–water partition coefficient (Wildman–Crippen LogP) is 2.65. The van der Waals surface area contributed by atoms with Crippen LogP contribution in [0.25, 0.3) is 5.69 Å². The molecule has 1 aromatic heterocycles. The van der Waals surface area contributed by atoms with Crippen molar-refractivity contribution in [2.45, 2.75) is 46.1 Å². The lowest BCUT2D eigenvalue weighted by molar-refractivity contribution is -0.140. The smallest absolute Gasteiger partial charge is 0.326 e. The summed E-state index contributed by atoms with van der Waals surface area (Å²) in [5.74, 6) is -2.30. The van der Waals surface area contributed by atoms with E-state index in [1.165, 1.54) is 10.7 Å². The van der Waals surface area contributed by atoms with Crippen LogP contribution in [0, 0.1) is 18.7 Å². The van der Waals surface area contributed by atoms with E-state index < -0.39 is 23.7 Å². The van der Waals surface area contributed by atoms with Crippen molar-refractivity contribution in [2.24, 2.45) is 5.92 Å². The third-order valence-corrected chi connectivity index (χ3v) is 4.69. The standard InChI is InChI=1S/C19H22FN3O3/c1-10(2)16(19(25)26)21-18(24)17-12-5-4-6-14(12)23(22-17)15-9-11(3)7-8-13(15)20/h7-10,16H,4-6H2,1-3H3,(H,21,24)(H,25,26). The van der Waals surface area contributed by atoms with Gasteiger partial charge in [-0.05, 0) is 49.8 Å². The molecule has 1 aliphatic rings. The summed E-state index contributed by atoms with van der Waals surface area (Å²) in [5.41, 5.74) is 2.97. The number of benzene rings is 1. The molecule has 1 amide bonds. The summed E-state index contributed by atoms with van der Waals surface area (Å²) >= 11 is 0. The molecule has 2 aromatic rings. The van der Waals surface area contributed by atoms with Gasteiger partial charge in [-0.3, -0.25) is 4.79 Å². The minimum absolute atomic E-state index is 0.185. The summed E-state index contributed by atoms with van der Waals surface area (Å²) in [6, 6.07) is 3.75. The highest BCUT2D eigenvalue weighted by atomic mass is 19.1. The number of amides is 1. The monoisotopic (exact) mass is 359 g/mol. The van der Waals surface area contributed by atoms with E-state index in [1.54, 1.807) is 26.0 Å². The fraction of sp³-hybridized carbons (Fsp3) is 0.421. The molecule has 0 fully saturated rings. The molecular formula is C19H22FN3O3. The summed E-state index contributed by atoms with van der Waals surface area (Å²) < 4.78 is 15.8. The Bertz CT molecular complexity index is 873. The molecule has 0 radical (unpaired) electrons. The molecule has 1 aliphatic carbocycles. The number of carboxylic acid groups (broad SMARTS) is 1. The first-order valence-electron chi connectivity index (χ1n) is 8.70. The van der Waals surface area contributed by atoms with Crippen LogP contribution < -0.4 is 5.32 Å². The van der Waals surface area contributed by atoms with Crippen LogP contribution >= 0.6 is 0 Å². The van der Waals surface area contributed by atoms with E-state index in [0.717, 1.165) is 23.2 Å². The third-order valence-electron chi connectivity index (χ3n) is 4.69. The van der Waals surface area contributed by atoms with Crippen molar-refractivity contribution in [1.29, 1.82) is 0 Å². The molecule has 0 aliphatic heterocycles. The van der Waals surface area contributed by atoms with Gasteiger partial charge in [-0.2, -0.15) is 5.10 Å². The number of aliphatic carboxylic acids is 1. The quantitative estimate of drug-likeness (QED) is 0.860. The van der Waals surface area contributed by atoms with Crippen molar-refractivity contribution < 1.29 is 19.1 Å². The Kier molecular flexibility index (Phi) is 4.80. The number of nitrogens with one attached hydrogen (secondary N) is 1. The number of aromatic nitrogens is 2. The lowest BCUT2D eigenvalue weighted by Crippen LogP contribution is -2.44. The number of hydrogen-bond acceptors (Lipinski definition) is 3. The fourth-order valence-corrected chi connectivity index (χ4v) is 3.33. The highest BCUT2D eigenvalue weighted by molar-refractivity contribution is 5.96. The van der Waals surface area contributed by atoms with Gasteiger partial charge in [-0.15, -0.1) is 0 Å². The van der Waals surface area contributed by atoms with Crippen LogP contribution in [0.1, 0.15) is 47.6 Å². The molecule has 0 saturated heterocycles. The zero-order chi connectivity index (χ0) is 19.0. The molecule has 3 rings (SSSR count). The summed E-state index contributed by atoms with van der Waals surface area (Å²) in [6.07, 6.45) is 2.23. The second-order valence-electron chi connectivity index (χ2n) is 7.03. The second-order valence-corrected chi connectivity index (χ2v) is 7.03. The minimum Gasteiger partial charge on any atom is -0.480 e. The van der Waals surface area contributed by atoms with Gasteiger partial charge in [0.2, 0.25) is 0 Å². The zero-order valence-electron chi connectivity index (χ0n) is 15.0. The number of rotatable bonds is 5. The zero-order valence-corrected chi connectivity index (χ0v) is 15.0. The number of fused-ring (bicyclic) bond motifs is 1. The highest BCUT2D eigenvalue weighted by Gasteiger charge is 2.31. The molecule has 26 heavy (non-hydrogen) atoms. The lowest BCUT2D eigenvalue weighted by atomic mass is 10.0. The Hall–Kier alpha value is -2.70. The average Bonchev–Trinajstić information content (AvgIpc) is 3.16. The van der Waals surface area contributed by atoms with Gasteiger partial charge in [-0.25, -0.2) is 13.9 Å². The molecule has 1 heterocycles. The van der Waals surface area contributed by atoms with Gasteiger partial charge >= 0.3 is 5.97 Å². The number of nitrogens with zero attached hydrogens (tertiary/aromatic N) is 2. The van der Waals surface area contributed by atoms with Crippen LogP contribution in [0.2, 0.25) is 0 Å². The summed E-state index contributed by atoms with van der Waals surface area (Å²) in [7, 11) is 0. The molecule has 6 nitrogen and oxygen atoms in total. The predicted molar refractivity (Wildman–Crippen MR) is 94.0 cm³/mol. The van der Waals surface area contributed by atoms with E-state index >= 15 is 0 Å². The number of halogens is 1. The molecule has 1 unspecified atom stereocenters. The number of hydrogen-bond donors (Lipinski definition) is 2. The number of carbonyl (C=O) groups is 2. The Morgan fingerprint density at radius 2 is 2.04 bits per heavy atom. The molecule has 0 saturated carbocycles. The molecular weight excluding hydrogens is 337 g/mol. The van der Waals surface area contributed by atoms with E-state index in [1.807, 2.05) is 6.92 Å². The van der Waals surface area contributed by atoms with Crippen LogP contribution in [0.3, 0.4) is 0 Å². The van der Waals surface area contributed by atoms with Crippen LogP contribution in [0.4, 0.5) is 4.39 Å². The highest BCUT2D eigenvalue weighted by Crippen LogP contribution is 2.29. The third kappa shape index (κ3) is 3.21. The van der Waals surface area contributed by atoms with E-state index in [2.05, 4.69) is 10.4 Å². The van der Waals surface area contributed by atoms with Gasteiger partial charge < -0.3 is 10.4 Å². The molecule has 0 spiro atoms. The Labute approximate surface area is 151 Å². The Morgan fingerprint density at radius 1 is 1.31 bits per heavy atom. The van der Waals surface area contributed by atoms with Gasteiger partial charge in [0.1, 0.15) is 17.5 Å². The topological polar surface area (TPSA) is 84.2 Å². The van der Waals surface area contributed by atoms with Crippen LogP contribution in [0.15, 0.2) is 18.2 Å². The van der Waals surface area contributed by atoms with Crippen molar-refractivity contribution >= 4 is 11.9 Å². The fourth-order valence-electron chi connectivity index (χ4n) is 3.33. The molecule has 1 atom stereocenters. The largest absolute Gasteiger partial charge is 0.480 e. The normalized spacial score (nSPS) is 14.3. The first-order valence-corrected chi connectivity index (χ1v) is 8.70. The van der Waals surface area contributed by atoms with Gasteiger partial charge in [-0.1, -0.05) is 19.9 Å². The first kappa shape index (κ1) is 18.1. The van der Waals surface area contributed by atoms with Crippen molar-refractivity contribution in [3.05, 3.63) is 46.5 Å². The molecule has 0 bridgehead atoms. The maximum atomic E-state index is 14.3. The van der Waals surface area contributed by atoms with Crippen molar-refractivity contribution in [3.8, 4) is 5.69 Å². The number of carboxylic acids is 1. The van der Waals surface area contributed by atoms with E-state index in [9.17, 15) is 19.1 Å². The Morgan fingerprint density at radius 3 is 2.69 bits per heavy atom. The van der Waals surface area contributed by atoms with E-state index in [0.29, 0.717) is 18.5 Å². The minimum atomic E-state index is -1.09. The van der Waals surface area contributed by atoms with Crippen LogP contribution in [0.5, 0.6) is 0 Å². The van der Waals surface area contributed by atoms with Gasteiger partial charge in [0, 0.05) is 11.3 Å². The summed E-state index contributed by atoms with van der Waals surface area (Å²) in [4.78, 5) is 24.0. The van der Waals surface area contributed by atoms with Gasteiger partial charge in [0.25, 0.3) is 5.91 Å². The lowest BCUT2D eigenvalue weighted by Gasteiger charge is -2.17. The Balaban J connectivity index is 2.01. The van der Waals surface area contributed by atoms with Gasteiger partial charge in [0.15, 0.2) is 5.69 Å². The van der Waals surface area contributed by atoms with Crippen molar-refractivity contribution in [1.82, 2.24) is 15.1 Å². The molecule has 7 heteroatoms. The van der Waals surface area contributed by atoms with Crippen molar-refractivity contribution in [3.63, 3.8) is 0 Å². The van der Waals surface area contributed by atoms with Crippen LogP contribution in [-0.2, 0) is 17.6 Å². The number of aryl methyl sites for hydroxylation is 1. The second kappa shape index (κ2) is 6.90. The molecule has 2 N–H and O–H groups in total. The maximum Gasteiger partial charge on any atom is 0.326 e. The van der Waals surface area contributed by atoms with Crippen LogP contribution in [-0.4, -0.2) is 32.8 Å².